The summed E-state index contributed by atoms with van der Waals surface area (Å²) in [5.74, 6) is 0.106. The smallest absolute Gasteiger partial charge is 0.253 e. The van der Waals surface area contributed by atoms with Gasteiger partial charge in [0.15, 0.2) is 0 Å². The highest BCUT2D eigenvalue weighted by molar-refractivity contribution is 6.18. The average Bonchev–Trinajstić information content (AvgIpc) is 2.61. The predicted molar refractivity (Wildman–Crippen MR) is 97.5 cm³/mol. The lowest BCUT2D eigenvalue weighted by Crippen LogP contribution is -2.27. The van der Waals surface area contributed by atoms with E-state index in [9.17, 15) is 9.59 Å². The van der Waals surface area contributed by atoms with Gasteiger partial charge >= 0.3 is 0 Å². The molecule has 0 unspecified atom stereocenters. The van der Waals surface area contributed by atoms with Gasteiger partial charge in [-0.1, -0.05) is 42.5 Å². The van der Waals surface area contributed by atoms with Crippen molar-refractivity contribution < 1.29 is 9.59 Å². The Kier molecular flexibility index (Phi) is 7.30. The molecule has 5 heteroatoms. The number of rotatable bonds is 8. The van der Waals surface area contributed by atoms with E-state index in [0.717, 1.165) is 6.42 Å². The summed E-state index contributed by atoms with van der Waals surface area (Å²) < 4.78 is 0. The second-order valence-electron chi connectivity index (χ2n) is 5.38. The number of hydrogen-bond acceptors (Lipinski definition) is 2. The zero-order chi connectivity index (χ0) is 17.2. The summed E-state index contributed by atoms with van der Waals surface area (Å²) in [5.41, 5.74) is 2.15. The van der Waals surface area contributed by atoms with Crippen molar-refractivity contribution in [2.75, 3.05) is 17.7 Å². The van der Waals surface area contributed by atoms with Crippen LogP contribution in [0, 0.1) is 0 Å². The topological polar surface area (TPSA) is 58.2 Å². The number of alkyl halides is 1. The van der Waals surface area contributed by atoms with Crippen molar-refractivity contribution >= 4 is 29.1 Å². The van der Waals surface area contributed by atoms with Crippen molar-refractivity contribution in [1.29, 1.82) is 0 Å². The SMILES string of the molecule is O=C(CCCCl)Nc1ccccc1C(=O)NCCc1ccccc1. The molecule has 4 nitrogen and oxygen atoms in total. The number of carbonyl (C=O) groups excluding carboxylic acids is 2. The van der Waals surface area contributed by atoms with E-state index in [1.165, 1.54) is 5.56 Å². The van der Waals surface area contributed by atoms with Crippen LogP contribution in [-0.2, 0) is 11.2 Å². The third-order valence-corrected chi connectivity index (χ3v) is 3.79. The number of halogens is 1. The van der Waals surface area contributed by atoms with Gasteiger partial charge in [-0.25, -0.2) is 0 Å². The lowest BCUT2D eigenvalue weighted by molar-refractivity contribution is -0.116. The summed E-state index contributed by atoms with van der Waals surface area (Å²) in [5, 5.41) is 5.67. The molecule has 0 heterocycles. The van der Waals surface area contributed by atoms with Gasteiger partial charge in [-0.05, 0) is 30.5 Å². The summed E-state index contributed by atoms with van der Waals surface area (Å²) in [4.78, 5) is 24.2. The van der Waals surface area contributed by atoms with Crippen molar-refractivity contribution in [2.45, 2.75) is 19.3 Å². The second kappa shape index (κ2) is 9.73. The lowest BCUT2D eigenvalue weighted by atomic mass is 10.1. The molecule has 0 saturated heterocycles. The first kappa shape index (κ1) is 18.0. The molecule has 126 valence electrons. The Hall–Kier alpha value is -2.33. The van der Waals surface area contributed by atoms with Crippen molar-refractivity contribution in [3.8, 4) is 0 Å². The first-order valence-electron chi connectivity index (χ1n) is 7.97. The third-order valence-electron chi connectivity index (χ3n) is 3.53. The number of carbonyl (C=O) groups is 2. The van der Waals surface area contributed by atoms with Gasteiger partial charge in [0.2, 0.25) is 5.91 Å². The summed E-state index contributed by atoms with van der Waals surface area (Å²) in [6.45, 7) is 0.539. The van der Waals surface area contributed by atoms with Crippen LogP contribution in [0.3, 0.4) is 0 Å². The molecule has 0 bridgehead atoms. The van der Waals surface area contributed by atoms with E-state index in [4.69, 9.17) is 11.6 Å². The van der Waals surface area contributed by atoms with Gasteiger partial charge in [0.1, 0.15) is 0 Å². The van der Waals surface area contributed by atoms with E-state index in [-0.39, 0.29) is 11.8 Å². The van der Waals surface area contributed by atoms with Crippen LogP contribution >= 0.6 is 11.6 Å². The van der Waals surface area contributed by atoms with Gasteiger partial charge in [0, 0.05) is 18.8 Å². The Bertz CT molecular complexity index is 674. The standard InChI is InChI=1S/C19H21ClN2O2/c20-13-6-11-18(23)22-17-10-5-4-9-16(17)19(24)21-14-12-15-7-2-1-3-8-15/h1-5,7-10H,6,11-14H2,(H,21,24)(H,22,23). The molecule has 0 spiro atoms. The Labute approximate surface area is 147 Å². The van der Waals surface area contributed by atoms with Gasteiger partial charge in [0.05, 0.1) is 11.3 Å². The minimum absolute atomic E-state index is 0.139. The fourth-order valence-electron chi connectivity index (χ4n) is 2.29. The minimum Gasteiger partial charge on any atom is -0.352 e. The number of para-hydroxylation sites is 1. The predicted octanol–water partition coefficient (Wildman–Crippen LogP) is 3.62. The van der Waals surface area contributed by atoms with Gasteiger partial charge in [-0.3, -0.25) is 9.59 Å². The summed E-state index contributed by atoms with van der Waals surface area (Å²) in [7, 11) is 0. The maximum Gasteiger partial charge on any atom is 0.253 e. The monoisotopic (exact) mass is 344 g/mol. The van der Waals surface area contributed by atoms with E-state index >= 15 is 0 Å². The second-order valence-corrected chi connectivity index (χ2v) is 5.76. The van der Waals surface area contributed by atoms with Gasteiger partial charge < -0.3 is 10.6 Å². The summed E-state index contributed by atoms with van der Waals surface area (Å²) >= 11 is 5.59. The third kappa shape index (κ3) is 5.70. The molecule has 2 amide bonds. The van der Waals surface area contributed by atoms with Crippen molar-refractivity contribution in [2.24, 2.45) is 0 Å². The molecule has 0 atom stereocenters. The summed E-state index contributed by atoms with van der Waals surface area (Å²) in [6.07, 6.45) is 1.71. The van der Waals surface area contributed by atoms with Crippen molar-refractivity contribution in [3.05, 3.63) is 65.7 Å². The maximum atomic E-state index is 12.4. The minimum atomic E-state index is -0.195. The maximum absolute atomic E-state index is 12.4. The van der Waals surface area contributed by atoms with Crippen LogP contribution < -0.4 is 10.6 Å². The molecule has 0 saturated carbocycles. The van der Waals surface area contributed by atoms with E-state index in [1.807, 2.05) is 30.3 Å². The highest BCUT2D eigenvalue weighted by Gasteiger charge is 2.12. The van der Waals surface area contributed by atoms with E-state index in [2.05, 4.69) is 10.6 Å². The quantitative estimate of drug-likeness (QED) is 0.719. The van der Waals surface area contributed by atoms with Crippen LogP contribution in [0.1, 0.15) is 28.8 Å². The fourth-order valence-corrected chi connectivity index (χ4v) is 2.42. The molecule has 2 N–H and O–H groups in total. The average molecular weight is 345 g/mol. The van der Waals surface area contributed by atoms with Crippen LogP contribution in [0.15, 0.2) is 54.6 Å². The van der Waals surface area contributed by atoms with Crippen LogP contribution in [0.25, 0.3) is 0 Å². The Morgan fingerprint density at radius 1 is 0.958 bits per heavy atom. The molecule has 0 aliphatic carbocycles. The number of anilines is 1. The van der Waals surface area contributed by atoms with E-state index in [1.54, 1.807) is 24.3 Å². The van der Waals surface area contributed by atoms with E-state index in [0.29, 0.717) is 36.5 Å². The molecule has 2 rings (SSSR count). The molecule has 24 heavy (non-hydrogen) atoms. The number of nitrogens with one attached hydrogen (secondary N) is 2. The molecular weight excluding hydrogens is 324 g/mol. The van der Waals surface area contributed by atoms with Gasteiger partial charge in [-0.2, -0.15) is 0 Å². The molecule has 2 aromatic rings. The number of hydrogen-bond donors (Lipinski definition) is 2. The van der Waals surface area contributed by atoms with Crippen LogP contribution in [0.4, 0.5) is 5.69 Å². The highest BCUT2D eigenvalue weighted by Crippen LogP contribution is 2.15. The van der Waals surface area contributed by atoms with Crippen LogP contribution in [0.2, 0.25) is 0 Å². The lowest BCUT2D eigenvalue weighted by Gasteiger charge is -2.11. The first-order valence-corrected chi connectivity index (χ1v) is 8.51. The number of amides is 2. The molecule has 0 aliphatic rings. The summed E-state index contributed by atoms with van der Waals surface area (Å²) in [6, 6.07) is 17.0. The Morgan fingerprint density at radius 3 is 2.42 bits per heavy atom. The molecule has 0 fully saturated rings. The van der Waals surface area contributed by atoms with Crippen molar-refractivity contribution in [1.82, 2.24) is 5.32 Å². The van der Waals surface area contributed by atoms with Crippen molar-refractivity contribution in [3.63, 3.8) is 0 Å². The van der Waals surface area contributed by atoms with Crippen LogP contribution in [0.5, 0.6) is 0 Å². The number of benzene rings is 2. The Balaban J connectivity index is 1.92. The highest BCUT2D eigenvalue weighted by atomic mass is 35.5. The van der Waals surface area contributed by atoms with E-state index < -0.39 is 0 Å². The zero-order valence-corrected chi connectivity index (χ0v) is 14.2. The molecule has 0 aromatic heterocycles. The van der Waals surface area contributed by atoms with Gasteiger partial charge in [-0.15, -0.1) is 11.6 Å². The van der Waals surface area contributed by atoms with Crippen LogP contribution in [-0.4, -0.2) is 24.2 Å². The first-order chi connectivity index (χ1) is 11.7. The normalized spacial score (nSPS) is 10.2. The Morgan fingerprint density at radius 2 is 1.67 bits per heavy atom. The molecule has 0 radical (unpaired) electrons. The molecule has 2 aromatic carbocycles. The molecular formula is C19H21ClN2O2. The fraction of sp³-hybridized carbons (Fsp3) is 0.263. The zero-order valence-electron chi connectivity index (χ0n) is 13.4. The van der Waals surface area contributed by atoms with Gasteiger partial charge in [0.25, 0.3) is 5.91 Å². The molecule has 0 aliphatic heterocycles. The largest absolute Gasteiger partial charge is 0.352 e.